The Hall–Kier alpha value is -2.70. The van der Waals surface area contributed by atoms with Crippen molar-refractivity contribution in [2.24, 2.45) is 0 Å². The van der Waals surface area contributed by atoms with Crippen molar-refractivity contribution in [3.8, 4) is 0 Å². The fourth-order valence-electron chi connectivity index (χ4n) is 2.39. The minimum Gasteiger partial charge on any atom is -0.345 e. The van der Waals surface area contributed by atoms with Crippen LogP contribution in [0, 0.1) is 0 Å². The van der Waals surface area contributed by atoms with E-state index in [0.717, 1.165) is 5.56 Å². The normalized spacial score (nSPS) is 18.7. The van der Waals surface area contributed by atoms with Crippen molar-refractivity contribution < 1.29 is 14.1 Å². The Bertz CT molecular complexity index is 627. The summed E-state index contributed by atoms with van der Waals surface area (Å²) in [5.41, 5.74) is 0.786. The van der Waals surface area contributed by atoms with Gasteiger partial charge in [-0.2, -0.15) is 4.98 Å². The van der Waals surface area contributed by atoms with Gasteiger partial charge in [-0.1, -0.05) is 35.5 Å². The van der Waals surface area contributed by atoms with Crippen LogP contribution in [0.5, 0.6) is 0 Å². The molecule has 1 unspecified atom stereocenters. The van der Waals surface area contributed by atoms with Gasteiger partial charge in [-0.15, -0.1) is 0 Å². The molecule has 0 radical (unpaired) electrons. The first-order chi connectivity index (χ1) is 10.3. The van der Waals surface area contributed by atoms with Gasteiger partial charge in [0, 0.05) is 13.0 Å². The molecule has 2 heterocycles. The van der Waals surface area contributed by atoms with Gasteiger partial charge in [0.15, 0.2) is 6.33 Å². The van der Waals surface area contributed by atoms with E-state index in [1.165, 1.54) is 6.33 Å². The molecule has 2 aromatic rings. The summed E-state index contributed by atoms with van der Waals surface area (Å²) in [7, 11) is 0. The zero-order valence-corrected chi connectivity index (χ0v) is 11.2. The highest BCUT2D eigenvalue weighted by Gasteiger charge is 2.35. The maximum absolute atomic E-state index is 12.2. The van der Waals surface area contributed by atoms with E-state index in [0.29, 0.717) is 18.9 Å². The zero-order chi connectivity index (χ0) is 14.7. The Morgan fingerprint density at radius 2 is 2.10 bits per heavy atom. The third kappa shape index (κ3) is 2.76. The second-order valence-corrected chi connectivity index (χ2v) is 4.70. The number of piperazine rings is 1. The molecule has 0 aliphatic carbocycles. The van der Waals surface area contributed by atoms with Crippen LogP contribution in [0.1, 0.15) is 17.5 Å². The quantitative estimate of drug-likeness (QED) is 0.874. The van der Waals surface area contributed by atoms with Gasteiger partial charge in [0.05, 0.1) is 6.54 Å². The van der Waals surface area contributed by atoms with Gasteiger partial charge < -0.3 is 14.7 Å². The number of aromatic nitrogens is 2. The van der Waals surface area contributed by atoms with Crippen LogP contribution < -0.4 is 5.32 Å². The van der Waals surface area contributed by atoms with Gasteiger partial charge in [0.2, 0.25) is 17.7 Å². The first-order valence-electron chi connectivity index (χ1n) is 6.63. The van der Waals surface area contributed by atoms with Crippen molar-refractivity contribution in [1.82, 2.24) is 20.4 Å². The molecule has 1 aliphatic rings. The Balaban J connectivity index is 1.82. The number of carbonyl (C=O) groups excluding carboxylic acids is 2. The first kappa shape index (κ1) is 13.3. The largest absolute Gasteiger partial charge is 0.345 e. The molecular formula is C14H14N4O3. The lowest BCUT2D eigenvalue weighted by molar-refractivity contribution is -0.145. The molecule has 3 rings (SSSR count). The first-order valence-corrected chi connectivity index (χ1v) is 6.63. The van der Waals surface area contributed by atoms with Gasteiger partial charge >= 0.3 is 0 Å². The summed E-state index contributed by atoms with van der Waals surface area (Å²) in [6.07, 6.45) is 1.73. The highest BCUT2D eigenvalue weighted by molar-refractivity contribution is 5.95. The van der Waals surface area contributed by atoms with E-state index in [1.807, 2.05) is 30.3 Å². The number of benzene rings is 1. The summed E-state index contributed by atoms with van der Waals surface area (Å²) in [6.45, 7) is 0.375. The summed E-state index contributed by atoms with van der Waals surface area (Å²) >= 11 is 0. The van der Waals surface area contributed by atoms with Crippen LogP contribution in [0.2, 0.25) is 0 Å². The predicted octanol–water partition coefficient (Wildman–Crippen LogP) is 0.312. The van der Waals surface area contributed by atoms with Crippen molar-refractivity contribution in [2.75, 3.05) is 13.1 Å². The second kappa shape index (κ2) is 5.74. The number of nitrogens with zero attached hydrogens (tertiary/aromatic N) is 3. The average Bonchev–Trinajstić information content (AvgIpc) is 3.02. The van der Waals surface area contributed by atoms with Crippen molar-refractivity contribution in [1.29, 1.82) is 0 Å². The summed E-state index contributed by atoms with van der Waals surface area (Å²) in [5, 5.41) is 6.15. The third-order valence-corrected chi connectivity index (χ3v) is 3.38. The molecule has 1 aromatic carbocycles. The highest BCUT2D eigenvalue weighted by atomic mass is 16.5. The summed E-state index contributed by atoms with van der Waals surface area (Å²) in [5.74, 6) is 0.148. The molecule has 7 nitrogen and oxygen atoms in total. The summed E-state index contributed by atoms with van der Waals surface area (Å²) < 4.78 is 4.93. The van der Waals surface area contributed by atoms with E-state index in [4.69, 9.17) is 4.52 Å². The van der Waals surface area contributed by atoms with E-state index < -0.39 is 6.04 Å². The molecule has 0 saturated carbocycles. The molecule has 1 fully saturated rings. The molecule has 1 N–H and O–H groups in total. The molecule has 1 saturated heterocycles. The lowest BCUT2D eigenvalue weighted by Crippen LogP contribution is -2.54. The fraction of sp³-hybridized carbons (Fsp3) is 0.286. The van der Waals surface area contributed by atoms with Crippen LogP contribution in [0.25, 0.3) is 0 Å². The van der Waals surface area contributed by atoms with Crippen LogP contribution in [0.3, 0.4) is 0 Å². The zero-order valence-electron chi connectivity index (χ0n) is 11.2. The molecule has 1 atom stereocenters. The molecule has 7 heteroatoms. The maximum Gasteiger partial charge on any atom is 0.247 e. The molecule has 0 spiro atoms. The molecule has 21 heavy (non-hydrogen) atoms. The minimum absolute atomic E-state index is 0.0198. The van der Waals surface area contributed by atoms with E-state index in [1.54, 1.807) is 4.90 Å². The van der Waals surface area contributed by atoms with E-state index >= 15 is 0 Å². The standard InChI is InChI=1S/C14H14N4O3/c19-12-8-15-14(20)13(10-4-2-1-3-5-10)18(12)7-6-11-16-9-17-21-11/h1-5,9,13H,6-8H2,(H,15,20). The van der Waals surface area contributed by atoms with Crippen LogP contribution >= 0.6 is 0 Å². The lowest BCUT2D eigenvalue weighted by atomic mass is 10.0. The summed E-state index contributed by atoms with van der Waals surface area (Å²) in [6, 6.07) is 8.62. The minimum atomic E-state index is -0.615. The monoisotopic (exact) mass is 286 g/mol. The van der Waals surface area contributed by atoms with Crippen molar-refractivity contribution in [3.63, 3.8) is 0 Å². The Labute approximate surface area is 120 Å². The van der Waals surface area contributed by atoms with Crippen LogP contribution in [0.15, 0.2) is 41.2 Å². The van der Waals surface area contributed by atoms with E-state index in [-0.39, 0.29) is 18.4 Å². The molecule has 0 bridgehead atoms. The Morgan fingerprint density at radius 3 is 2.81 bits per heavy atom. The number of amides is 2. The lowest BCUT2D eigenvalue weighted by Gasteiger charge is -2.34. The third-order valence-electron chi connectivity index (χ3n) is 3.38. The SMILES string of the molecule is O=C1NCC(=O)N(CCc2ncno2)C1c1ccccc1. The number of hydrogen-bond acceptors (Lipinski definition) is 5. The van der Waals surface area contributed by atoms with E-state index in [9.17, 15) is 9.59 Å². The molecular weight excluding hydrogens is 272 g/mol. The second-order valence-electron chi connectivity index (χ2n) is 4.70. The Morgan fingerprint density at radius 1 is 1.29 bits per heavy atom. The number of hydrogen-bond donors (Lipinski definition) is 1. The van der Waals surface area contributed by atoms with Crippen molar-refractivity contribution >= 4 is 11.8 Å². The summed E-state index contributed by atoms with van der Waals surface area (Å²) in [4.78, 5) is 29.8. The maximum atomic E-state index is 12.2. The molecule has 1 aromatic heterocycles. The van der Waals surface area contributed by atoms with E-state index in [2.05, 4.69) is 15.5 Å². The molecule has 108 valence electrons. The highest BCUT2D eigenvalue weighted by Crippen LogP contribution is 2.23. The Kier molecular flexibility index (Phi) is 3.63. The van der Waals surface area contributed by atoms with Gasteiger partial charge in [-0.3, -0.25) is 9.59 Å². The molecule has 1 aliphatic heterocycles. The van der Waals surface area contributed by atoms with Gasteiger partial charge in [0.25, 0.3) is 0 Å². The van der Waals surface area contributed by atoms with Gasteiger partial charge in [-0.25, -0.2) is 0 Å². The molecule has 2 amide bonds. The van der Waals surface area contributed by atoms with Crippen molar-refractivity contribution in [2.45, 2.75) is 12.5 Å². The average molecular weight is 286 g/mol. The smallest absolute Gasteiger partial charge is 0.247 e. The number of rotatable bonds is 4. The van der Waals surface area contributed by atoms with Crippen LogP contribution in [-0.2, 0) is 16.0 Å². The number of carbonyl (C=O) groups is 2. The van der Waals surface area contributed by atoms with Crippen LogP contribution in [-0.4, -0.2) is 39.9 Å². The predicted molar refractivity (Wildman–Crippen MR) is 71.9 cm³/mol. The van der Waals surface area contributed by atoms with Gasteiger partial charge in [0.1, 0.15) is 6.04 Å². The van der Waals surface area contributed by atoms with Crippen molar-refractivity contribution in [3.05, 3.63) is 48.1 Å². The number of nitrogens with one attached hydrogen (secondary N) is 1. The fourth-order valence-corrected chi connectivity index (χ4v) is 2.39. The van der Waals surface area contributed by atoms with Gasteiger partial charge in [-0.05, 0) is 5.56 Å². The topological polar surface area (TPSA) is 88.3 Å². The van der Waals surface area contributed by atoms with Crippen LogP contribution in [0.4, 0.5) is 0 Å².